The topological polar surface area (TPSA) is 52.1 Å². The van der Waals surface area contributed by atoms with E-state index < -0.39 is 0 Å². The average Bonchev–Trinajstić information content (AvgIpc) is 2.72. The van der Waals surface area contributed by atoms with Crippen LogP contribution in [-0.2, 0) is 0 Å². The number of hydrogen-bond acceptors (Lipinski definition) is 4. The summed E-state index contributed by atoms with van der Waals surface area (Å²) in [6.45, 7) is 3.67. The second-order valence-corrected chi connectivity index (χ2v) is 2.96. The first-order valence-corrected chi connectivity index (χ1v) is 4.29. The van der Waals surface area contributed by atoms with Gasteiger partial charge in [-0.15, -0.1) is 0 Å². The van der Waals surface area contributed by atoms with Gasteiger partial charge < -0.3 is 8.94 Å². The fourth-order valence-corrected chi connectivity index (χ4v) is 1.08. The zero-order valence-electron chi connectivity index (χ0n) is 8.02. The number of nitrogens with zero attached hydrogens (tertiary/aromatic N) is 2. The van der Waals surface area contributed by atoms with Crippen molar-refractivity contribution < 1.29 is 8.94 Å². The molecule has 2 aromatic heterocycles. The zero-order chi connectivity index (χ0) is 9.97. The molecule has 0 radical (unpaired) electrons. The molecular formula is C10H10N2O2. The summed E-state index contributed by atoms with van der Waals surface area (Å²) in [6.07, 6.45) is 3.51. The maximum atomic E-state index is 5.34. The Morgan fingerprint density at radius 2 is 2.07 bits per heavy atom. The lowest BCUT2D eigenvalue weighted by molar-refractivity contribution is 0.405. The number of furan rings is 1. The summed E-state index contributed by atoms with van der Waals surface area (Å²) in [6, 6.07) is 3.79. The van der Waals surface area contributed by atoms with Gasteiger partial charge in [0.25, 0.3) is 5.89 Å². The molecule has 0 spiro atoms. The Labute approximate surface area is 81.2 Å². The van der Waals surface area contributed by atoms with Crippen molar-refractivity contribution in [2.45, 2.75) is 13.8 Å². The third-order valence-electron chi connectivity index (χ3n) is 1.69. The normalized spacial score (nSPS) is 11.3. The molecule has 0 atom stereocenters. The second-order valence-electron chi connectivity index (χ2n) is 2.96. The van der Waals surface area contributed by atoms with Gasteiger partial charge in [0.15, 0.2) is 5.82 Å². The third kappa shape index (κ3) is 1.90. The molecular weight excluding hydrogens is 180 g/mol. The second kappa shape index (κ2) is 3.49. The Hall–Kier alpha value is -1.84. The monoisotopic (exact) mass is 190 g/mol. The predicted molar refractivity (Wildman–Crippen MR) is 51.4 cm³/mol. The van der Waals surface area contributed by atoms with Crippen molar-refractivity contribution in [3.05, 3.63) is 35.4 Å². The summed E-state index contributed by atoms with van der Waals surface area (Å²) in [5.41, 5.74) is 0. The van der Waals surface area contributed by atoms with E-state index in [9.17, 15) is 0 Å². The van der Waals surface area contributed by atoms with Gasteiger partial charge >= 0.3 is 0 Å². The van der Waals surface area contributed by atoms with E-state index in [4.69, 9.17) is 8.94 Å². The van der Waals surface area contributed by atoms with Crippen molar-refractivity contribution in [2.24, 2.45) is 0 Å². The lowest BCUT2D eigenvalue weighted by Crippen LogP contribution is -1.72. The van der Waals surface area contributed by atoms with Crippen molar-refractivity contribution >= 4 is 12.2 Å². The van der Waals surface area contributed by atoms with E-state index in [0.717, 1.165) is 11.5 Å². The molecule has 0 unspecified atom stereocenters. The van der Waals surface area contributed by atoms with Gasteiger partial charge in [-0.3, -0.25) is 0 Å². The van der Waals surface area contributed by atoms with Crippen molar-refractivity contribution in [3.63, 3.8) is 0 Å². The van der Waals surface area contributed by atoms with Crippen molar-refractivity contribution in [1.82, 2.24) is 10.1 Å². The van der Waals surface area contributed by atoms with Gasteiger partial charge in [-0.25, -0.2) is 0 Å². The molecule has 0 fully saturated rings. The molecule has 4 heteroatoms. The van der Waals surface area contributed by atoms with E-state index in [1.807, 2.05) is 19.1 Å². The molecule has 0 amide bonds. The summed E-state index contributed by atoms with van der Waals surface area (Å²) >= 11 is 0. The van der Waals surface area contributed by atoms with Gasteiger partial charge in [-0.1, -0.05) is 5.16 Å². The first-order valence-electron chi connectivity index (χ1n) is 4.29. The Morgan fingerprint density at radius 3 is 2.64 bits per heavy atom. The van der Waals surface area contributed by atoms with Crippen molar-refractivity contribution in [1.29, 1.82) is 0 Å². The van der Waals surface area contributed by atoms with Crippen LogP contribution in [0.5, 0.6) is 0 Å². The maximum absolute atomic E-state index is 5.34. The molecule has 14 heavy (non-hydrogen) atoms. The fourth-order valence-electron chi connectivity index (χ4n) is 1.08. The summed E-state index contributed by atoms with van der Waals surface area (Å²) in [7, 11) is 0. The Kier molecular flexibility index (Phi) is 2.18. The summed E-state index contributed by atoms with van der Waals surface area (Å²) in [5, 5.41) is 3.67. The van der Waals surface area contributed by atoms with E-state index >= 15 is 0 Å². The van der Waals surface area contributed by atoms with Crippen LogP contribution in [0.2, 0.25) is 0 Å². The van der Waals surface area contributed by atoms with Gasteiger partial charge in [-0.05, 0) is 32.1 Å². The van der Waals surface area contributed by atoms with E-state index in [2.05, 4.69) is 10.1 Å². The molecule has 0 aliphatic rings. The van der Waals surface area contributed by atoms with Crippen LogP contribution in [0.3, 0.4) is 0 Å². The maximum Gasteiger partial charge on any atom is 0.250 e. The molecule has 0 aliphatic heterocycles. The van der Waals surface area contributed by atoms with E-state index in [1.54, 1.807) is 19.1 Å². The fraction of sp³-hybridized carbons (Fsp3) is 0.200. The van der Waals surface area contributed by atoms with Crippen LogP contribution in [0.4, 0.5) is 0 Å². The number of hydrogen-bond donors (Lipinski definition) is 0. The Morgan fingerprint density at radius 1 is 1.21 bits per heavy atom. The van der Waals surface area contributed by atoms with E-state index in [-0.39, 0.29) is 0 Å². The SMILES string of the molecule is Cc1noc(/C=C/c2ccc(C)o2)n1. The molecule has 72 valence electrons. The van der Waals surface area contributed by atoms with Crippen LogP contribution in [0, 0.1) is 13.8 Å². The van der Waals surface area contributed by atoms with Crippen molar-refractivity contribution in [2.75, 3.05) is 0 Å². The smallest absolute Gasteiger partial charge is 0.250 e. The Balaban J connectivity index is 2.14. The van der Waals surface area contributed by atoms with Gasteiger partial charge in [0.1, 0.15) is 11.5 Å². The largest absolute Gasteiger partial charge is 0.462 e. The van der Waals surface area contributed by atoms with Crippen LogP contribution in [0.25, 0.3) is 12.2 Å². The minimum absolute atomic E-state index is 0.483. The molecule has 0 aromatic carbocycles. The first-order chi connectivity index (χ1) is 6.74. The highest BCUT2D eigenvalue weighted by Crippen LogP contribution is 2.10. The average molecular weight is 190 g/mol. The summed E-state index contributed by atoms with van der Waals surface area (Å²) in [5.74, 6) is 2.77. The zero-order valence-corrected chi connectivity index (χ0v) is 8.02. The van der Waals surface area contributed by atoms with Gasteiger partial charge in [0, 0.05) is 6.08 Å². The molecule has 4 nitrogen and oxygen atoms in total. The molecule has 0 saturated heterocycles. The molecule has 0 bridgehead atoms. The number of rotatable bonds is 2. The quantitative estimate of drug-likeness (QED) is 0.729. The van der Waals surface area contributed by atoms with Crippen LogP contribution in [0.1, 0.15) is 23.2 Å². The van der Waals surface area contributed by atoms with Crippen LogP contribution < -0.4 is 0 Å². The molecule has 2 heterocycles. The van der Waals surface area contributed by atoms with Crippen LogP contribution in [0.15, 0.2) is 21.1 Å². The van der Waals surface area contributed by atoms with Crippen molar-refractivity contribution in [3.8, 4) is 0 Å². The molecule has 0 saturated carbocycles. The van der Waals surface area contributed by atoms with Gasteiger partial charge in [0.2, 0.25) is 0 Å². The number of aromatic nitrogens is 2. The predicted octanol–water partition coefficient (Wildman–Crippen LogP) is 2.45. The highest BCUT2D eigenvalue weighted by Gasteiger charge is 1.97. The highest BCUT2D eigenvalue weighted by atomic mass is 16.5. The lowest BCUT2D eigenvalue weighted by atomic mass is 10.4. The Bertz CT molecular complexity index is 412. The van der Waals surface area contributed by atoms with Gasteiger partial charge in [0.05, 0.1) is 0 Å². The van der Waals surface area contributed by atoms with Crippen LogP contribution in [-0.4, -0.2) is 10.1 Å². The minimum atomic E-state index is 0.483. The molecule has 2 aromatic rings. The third-order valence-corrected chi connectivity index (χ3v) is 1.69. The standard InChI is InChI=1S/C10H10N2O2/c1-7-3-4-9(13-7)5-6-10-11-8(2)12-14-10/h3-6H,1-2H3/b6-5+. The minimum Gasteiger partial charge on any atom is -0.462 e. The first kappa shape index (κ1) is 8.74. The lowest BCUT2D eigenvalue weighted by Gasteiger charge is -1.82. The molecule has 0 aliphatic carbocycles. The number of aryl methyl sites for hydroxylation is 2. The summed E-state index contributed by atoms with van der Waals surface area (Å²) < 4.78 is 10.2. The molecule has 2 rings (SSSR count). The van der Waals surface area contributed by atoms with E-state index in [1.165, 1.54) is 0 Å². The van der Waals surface area contributed by atoms with E-state index in [0.29, 0.717) is 11.7 Å². The molecule has 0 N–H and O–H groups in total. The summed E-state index contributed by atoms with van der Waals surface area (Å²) in [4.78, 5) is 4.03. The van der Waals surface area contributed by atoms with Gasteiger partial charge in [-0.2, -0.15) is 4.98 Å². The van der Waals surface area contributed by atoms with Crippen LogP contribution >= 0.6 is 0 Å². The highest BCUT2D eigenvalue weighted by molar-refractivity contribution is 5.62.